The predicted molar refractivity (Wildman–Crippen MR) is 124 cm³/mol. The Morgan fingerprint density at radius 2 is 1.52 bits per heavy atom. The molecule has 1 fully saturated rings. The normalized spacial score (nSPS) is 15.1. The van der Waals surface area contributed by atoms with Gasteiger partial charge in [-0.1, -0.05) is 29.8 Å². The van der Waals surface area contributed by atoms with Crippen molar-refractivity contribution in [1.82, 2.24) is 9.80 Å². The van der Waals surface area contributed by atoms with E-state index in [1.165, 1.54) is 21.3 Å². The van der Waals surface area contributed by atoms with E-state index >= 15 is 0 Å². The van der Waals surface area contributed by atoms with Crippen molar-refractivity contribution < 1.29 is 28.9 Å². The molecular formula is C25H32N2O6. The molecule has 1 atom stereocenters. The lowest BCUT2D eigenvalue weighted by Crippen LogP contribution is -2.49. The number of carboxylic acids is 1. The maximum Gasteiger partial charge on any atom is 0.303 e. The summed E-state index contributed by atoms with van der Waals surface area (Å²) in [6.07, 6.45) is 0.627. The molecule has 0 radical (unpaired) electrons. The predicted octanol–water partition coefficient (Wildman–Crippen LogP) is 3.38. The fourth-order valence-corrected chi connectivity index (χ4v) is 4.23. The molecule has 0 spiro atoms. The van der Waals surface area contributed by atoms with Crippen molar-refractivity contribution in [3.05, 3.63) is 53.1 Å². The molecule has 1 saturated heterocycles. The lowest BCUT2D eigenvalue weighted by Gasteiger charge is -2.39. The van der Waals surface area contributed by atoms with Crippen molar-refractivity contribution in [3.63, 3.8) is 0 Å². The Balaban J connectivity index is 1.73. The van der Waals surface area contributed by atoms with Gasteiger partial charge < -0.3 is 24.2 Å². The first-order valence-corrected chi connectivity index (χ1v) is 11.0. The van der Waals surface area contributed by atoms with Crippen LogP contribution in [0.3, 0.4) is 0 Å². The zero-order valence-corrected chi connectivity index (χ0v) is 19.7. The van der Waals surface area contributed by atoms with Crippen molar-refractivity contribution in [2.24, 2.45) is 0 Å². The molecule has 1 aliphatic heterocycles. The summed E-state index contributed by atoms with van der Waals surface area (Å²) in [5, 5.41) is 9.21. The number of ether oxygens (including phenoxy) is 3. The van der Waals surface area contributed by atoms with Crippen LogP contribution in [-0.4, -0.2) is 74.3 Å². The van der Waals surface area contributed by atoms with Crippen LogP contribution in [0.25, 0.3) is 0 Å². The monoisotopic (exact) mass is 456 g/mol. The molecule has 0 unspecified atom stereocenters. The Labute approximate surface area is 194 Å². The quantitative estimate of drug-likeness (QED) is 0.619. The number of carbonyl (C=O) groups is 2. The van der Waals surface area contributed by atoms with Crippen LogP contribution in [0.15, 0.2) is 36.4 Å². The van der Waals surface area contributed by atoms with Gasteiger partial charge in [0.05, 0.1) is 21.3 Å². The number of nitrogens with zero attached hydrogens (tertiary/aromatic N) is 2. The maximum atomic E-state index is 13.2. The Morgan fingerprint density at radius 1 is 0.939 bits per heavy atom. The fourth-order valence-electron chi connectivity index (χ4n) is 4.23. The molecule has 0 saturated carbocycles. The van der Waals surface area contributed by atoms with E-state index in [1.54, 1.807) is 17.0 Å². The molecule has 178 valence electrons. The highest BCUT2D eigenvalue weighted by molar-refractivity contribution is 5.95. The molecule has 8 nitrogen and oxygen atoms in total. The molecule has 1 amide bonds. The average Bonchev–Trinajstić information content (AvgIpc) is 2.84. The van der Waals surface area contributed by atoms with E-state index in [2.05, 4.69) is 17.0 Å². The second kappa shape index (κ2) is 11.0. The summed E-state index contributed by atoms with van der Waals surface area (Å²) in [5.74, 6) is 0.411. The number of amides is 1. The topological polar surface area (TPSA) is 88.5 Å². The summed E-state index contributed by atoms with van der Waals surface area (Å²) in [6, 6.07) is 11.6. The fraction of sp³-hybridized carbons (Fsp3) is 0.440. The highest BCUT2D eigenvalue weighted by atomic mass is 16.5. The van der Waals surface area contributed by atoms with Crippen LogP contribution in [0.5, 0.6) is 17.2 Å². The van der Waals surface area contributed by atoms with Crippen LogP contribution in [-0.2, 0) is 4.79 Å². The number of carbonyl (C=O) groups excluding carboxylic acids is 1. The van der Waals surface area contributed by atoms with Gasteiger partial charge in [-0.05, 0) is 31.0 Å². The number of hydrogen-bond acceptors (Lipinski definition) is 6. The van der Waals surface area contributed by atoms with Gasteiger partial charge in [-0.3, -0.25) is 14.5 Å². The minimum atomic E-state index is -0.802. The van der Waals surface area contributed by atoms with E-state index in [4.69, 9.17) is 14.2 Å². The van der Waals surface area contributed by atoms with E-state index in [1.807, 2.05) is 19.1 Å². The second-order valence-electron chi connectivity index (χ2n) is 8.10. The number of piperazine rings is 1. The van der Waals surface area contributed by atoms with Gasteiger partial charge in [0, 0.05) is 44.2 Å². The summed E-state index contributed by atoms with van der Waals surface area (Å²) < 4.78 is 16.1. The molecule has 8 heteroatoms. The first-order valence-electron chi connectivity index (χ1n) is 11.0. The third kappa shape index (κ3) is 5.76. The van der Waals surface area contributed by atoms with Gasteiger partial charge in [-0.2, -0.15) is 0 Å². The van der Waals surface area contributed by atoms with E-state index in [9.17, 15) is 14.7 Å². The van der Waals surface area contributed by atoms with Gasteiger partial charge >= 0.3 is 5.97 Å². The Hall–Kier alpha value is -3.26. The lowest BCUT2D eigenvalue weighted by molar-refractivity contribution is -0.137. The van der Waals surface area contributed by atoms with Crippen molar-refractivity contribution in [1.29, 1.82) is 0 Å². The Morgan fingerprint density at radius 3 is 2.00 bits per heavy atom. The summed E-state index contributed by atoms with van der Waals surface area (Å²) in [4.78, 5) is 28.5. The van der Waals surface area contributed by atoms with Crippen molar-refractivity contribution in [3.8, 4) is 17.2 Å². The van der Waals surface area contributed by atoms with Gasteiger partial charge in [0.15, 0.2) is 11.5 Å². The number of hydrogen-bond donors (Lipinski definition) is 1. The van der Waals surface area contributed by atoms with Crippen LogP contribution >= 0.6 is 0 Å². The number of methoxy groups -OCH3 is 3. The van der Waals surface area contributed by atoms with Crippen molar-refractivity contribution in [2.45, 2.75) is 25.8 Å². The first-order chi connectivity index (χ1) is 15.9. The summed E-state index contributed by atoms with van der Waals surface area (Å²) in [5.41, 5.74) is 2.74. The van der Waals surface area contributed by atoms with Gasteiger partial charge in [0.25, 0.3) is 5.91 Å². The highest BCUT2D eigenvalue weighted by Gasteiger charge is 2.29. The molecule has 2 aromatic rings. The highest BCUT2D eigenvalue weighted by Crippen LogP contribution is 2.38. The number of benzene rings is 2. The number of carboxylic acid groups (broad SMARTS) is 1. The maximum absolute atomic E-state index is 13.2. The molecular weight excluding hydrogens is 424 g/mol. The van der Waals surface area contributed by atoms with Crippen molar-refractivity contribution >= 4 is 11.9 Å². The molecule has 0 aliphatic carbocycles. The van der Waals surface area contributed by atoms with Gasteiger partial charge in [-0.25, -0.2) is 0 Å². The third-order valence-corrected chi connectivity index (χ3v) is 6.05. The molecule has 3 rings (SSSR count). The molecule has 0 bridgehead atoms. The summed E-state index contributed by atoms with van der Waals surface area (Å²) in [6.45, 7) is 4.45. The second-order valence-corrected chi connectivity index (χ2v) is 8.10. The van der Waals surface area contributed by atoms with Crippen LogP contribution in [0.2, 0.25) is 0 Å². The van der Waals surface area contributed by atoms with Crippen molar-refractivity contribution in [2.75, 3.05) is 47.5 Å². The van der Waals surface area contributed by atoms with E-state index in [0.29, 0.717) is 55.4 Å². The zero-order valence-electron chi connectivity index (χ0n) is 19.7. The third-order valence-electron chi connectivity index (χ3n) is 6.05. The summed E-state index contributed by atoms with van der Waals surface area (Å²) in [7, 11) is 4.56. The van der Waals surface area contributed by atoms with Gasteiger partial charge in [-0.15, -0.1) is 0 Å². The SMILES string of the molecule is COc1cc(C(=O)N2CCN([C@H](CCC(=O)O)c3ccc(C)cc3)CC2)cc(OC)c1OC. The van der Waals surface area contributed by atoms with Crippen LogP contribution in [0.1, 0.15) is 40.4 Å². The van der Waals surface area contributed by atoms with E-state index in [0.717, 1.165) is 11.1 Å². The minimum absolute atomic E-state index is 0.000117. The molecule has 33 heavy (non-hydrogen) atoms. The Bertz CT molecular complexity index is 942. The number of aliphatic carboxylic acids is 1. The van der Waals surface area contributed by atoms with Crippen LogP contribution in [0.4, 0.5) is 0 Å². The smallest absolute Gasteiger partial charge is 0.303 e. The number of rotatable bonds is 9. The zero-order chi connectivity index (χ0) is 24.0. The summed E-state index contributed by atoms with van der Waals surface area (Å²) >= 11 is 0. The minimum Gasteiger partial charge on any atom is -0.493 e. The standard InChI is InChI=1S/C25H32N2O6/c1-17-5-7-18(8-6-17)20(9-10-23(28)29)26-11-13-27(14-12-26)25(30)19-15-21(31-2)24(33-4)22(16-19)32-3/h5-8,15-16,20H,9-14H2,1-4H3,(H,28,29)/t20-/m1/s1. The number of aryl methyl sites for hydroxylation is 1. The molecule has 1 aliphatic rings. The molecule has 1 heterocycles. The molecule has 1 N–H and O–H groups in total. The Kier molecular flexibility index (Phi) is 8.16. The largest absolute Gasteiger partial charge is 0.493 e. The van der Waals surface area contributed by atoms with Crippen LogP contribution < -0.4 is 14.2 Å². The molecule has 2 aromatic carbocycles. The van der Waals surface area contributed by atoms with E-state index in [-0.39, 0.29) is 18.4 Å². The first kappa shape index (κ1) is 24.4. The van der Waals surface area contributed by atoms with Gasteiger partial charge in [0.1, 0.15) is 0 Å². The van der Waals surface area contributed by atoms with Crippen LogP contribution in [0, 0.1) is 6.92 Å². The van der Waals surface area contributed by atoms with E-state index < -0.39 is 5.97 Å². The van der Waals surface area contributed by atoms with Gasteiger partial charge in [0.2, 0.25) is 5.75 Å². The lowest BCUT2D eigenvalue weighted by atomic mass is 9.98. The molecule has 0 aromatic heterocycles. The average molecular weight is 457 g/mol.